The molecule has 142 valence electrons. The van der Waals surface area contributed by atoms with Crippen LogP contribution in [0, 0.1) is 18.3 Å². The van der Waals surface area contributed by atoms with Crippen LogP contribution in [-0.4, -0.2) is 28.1 Å². The van der Waals surface area contributed by atoms with E-state index in [2.05, 4.69) is 64.2 Å². The van der Waals surface area contributed by atoms with Gasteiger partial charge in [-0.3, -0.25) is 0 Å². The number of nitrogens with zero attached hydrogens (tertiary/aromatic N) is 2. The van der Waals surface area contributed by atoms with E-state index >= 15 is 0 Å². The van der Waals surface area contributed by atoms with Gasteiger partial charge in [0.25, 0.3) is 0 Å². The number of fused-ring (bicyclic) bond motifs is 1. The Kier molecular flexibility index (Phi) is 4.39. The average Bonchev–Trinajstić information content (AvgIpc) is 3.00. The van der Waals surface area contributed by atoms with Gasteiger partial charge in [0.15, 0.2) is 6.29 Å². The van der Waals surface area contributed by atoms with E-state index in [1.807, 2.05) is 4.52 Å². The predicted molar refractivity (Wildman–Crippen MR) is 103 cm³/mol. The molecule has 2 aromatic heterocycles. The fourth-order valence-electron chi connectivity index (χ4n) is 4.30. The second-order valence-electron chi connectivity index (χ2n) is 9.44. The molecule has 0 radical (unpaired) electrons. The predicted octanol–water partition coefficient (Wildman–Crippen LogP) is 5.09. The van der Waals surface area contributed by atoms with E-state index in [0.717, 1.165) is 19.4 Å². The van der Waals surface area contributed by atoms with Gasteiger partial charge in [0, 0.05) is 23.1 Å². The third kappa shape index (κ3) is 3.07. The van der Waals surface area contributed by atoms with Crippen molar-refractivity contribution in [2.24, 2.45) is 11.3 Å². The molecule has 1 unspecified atom stereocenters. The molecule has 1 saturated carbocycles. The van der Waals surface area contributed by atoms with Gasteiger partial charge < -0.3 is 9.47 Å². The molecule has 4 nitrogen and oxygen atoms in total. The van der Waals surface area contributed by atoms with E-state index in [1.165, 1.54) is 29.5 Å². The lowest BCUT2D eigenvalue weighted by molar-refractivity contribution is -0.313. The Morgan fingerprint density at radius 1 is 1.08 bits per heavy atom. The van der Waals surface area contributed by atoms with Gasteiger partial charge in [-0.1, -0.05) is 19.9 Å². The maximum Gasteiger partial charge on any atom is 0.161 e. The zero-order valence-corrected chi connectivity index (χ0v) is 16.8. The first-order valence-electron chi connectivity index (χ1n) is 10.0. The van der Waals surface area contributed by atoms with Crippen LogP contribution in [0.1, 0.15) is 70.4 Å². The molecule has 1 aliphatic heterocycles. The number of hydrogen-bond acceptors (Lipinski definition) is 3. The van der Waals surface area contributed by atoms with Crippen molar-refractivity contribution in [3.63, 3.8) is 0 Å². The Labute approximate surface area is 156 Å². The topological polar surface area (TPSA) is 35.8 Å². The summed E-state index contributed by atoms with van der Waals surface area (Å²) in [5, 5.41) is 4.57. The molecule has 0 N–H and O–H groups in total. The Hall–Kier alpha value is -1.39. The van der Waals surface area contributed by atoms with Crippen molar-refractivity contribution in [2.75, 3.05) is 6.61 Å². The van der Waals surface area contributed by atoms with Gasteiger partial charge in [0.1, 0.15) is 0 Å². The summed E-state index contributed by atoms with van der Waals surface area (Å²) >= 11 is 0. The van der Waals surface area contributed by atoms with Crippen molar-refractivity contribution in [2.45, 2.75) is 78.1 Å². The zero-order valence-electron chi connectivity index (χ0n) is 16.8. The van der Waals surface area contributed by atoms with Crippen LogP contribution in [0.4, 0.5) is 0 Å². The summed E-state index contributed by atoms with van der Waals surface area (Å²) in [5.41, 5.74) is 3.80. The standard InChI is InChI=1S/C22H32N2O2/c1-15-6-11-19-18(12-23-24(19)13-15)16-7-9-17(10-8-16)20-25-14-21(2,3)22(4,5)26-20/h6,11-13,16-17,20H,7-10,14H2,1-5H3/t16-,17-,20?. The Morgan fingerprint density at radius 3 is 2.50 bits per heavy atom. The second-order valence-corrected chi connectivity index (χ2v) is 9.44. The van der Waals surface area contributed by atoms with Crippen molar-refractivity contribution in [3.8, 4) is 0 Å². The molecule has 26 heavy (non-hydrogen) atoms. The Morgan fingerprint density at radius 2 is 1.81 bits per heavy atom. The van der Waals surface area contributed by atoms with Gasteiger partial charge in [-0.25, -0.2) is 4.52 Å². The molecular weight excluding hydrogens is 324 g/mol. The van der Waals surface area contributed by atoms with E-state index in [9.17, 15) is 0 Å². The van der Waals surface area contributed by atoms with Crippen LogP contribution in [0.15, 0.2) is 24.5 Å². The van der Waals surface area contributed by atoms with Crippen LogP contribution < -0.4 is 0 Å². The fraction of sp³-hybridized carbons (Fsp3) is 0.682. The number of ether oxygens (including phenoxy) is 2. The summed E-state index contributed by atoms with van der Waals surface area (Å²) in [6, 6.07) is 4.39. The first-order valence-corrected chi connectivity index (χ1v) is 10.0. The summed E-state index contributed by atoms with van der Waals surface area (Å²) < 4.78 is 14.6. The van der Waals surface area contributed by atoms with E-state index < -0.39 is 0 Å². The highest BCUT2D eigenvalue weighted by Gasteiger charge is 2.46. The monoisotopic (exact) mass is 356 g/mol. The Balaban J connectivity index is 1.43. The SMILES string of the molecule is Cc1ccc2c([C@H]3CC[C@H](C4OCC(C)(C)C(C)(C)O4)CC3)cnn2c1. The van der Waals surface area contributed by atoms with Gasteiger partial charge in [0.2, 0.25) is 0 Å². The minimum Gasteiger partial charge on any atom is -0.352 e. The minimum absolute atomic E-state index is 0.0504. The molecule has 4 rings (SSSR count). The van der Waals surface area contributed by atoms with Crippen LogP contribution in [0.2, 0.25) is 0 Å². The van der Waals surface area contributed by atoms with Gasteiger partial charge in [-0.2, -0.15) is 5.10 Å². The third-order valence-corrected chi connectivity index (χ3v) is 6.94. The van der Waals surface area contributed by atoms with Gasteiger partial charge >= 0.3 is 0 Å². The van der Waals surface area contributed by atoms with Gasteiger partial charge in [-0.15, -0.1) is 0 Å². The maximum absolute atomic E-state index is 6.40. The second kappa shape index (κ2) is 6.35. The smallest absolute Gasteiger partial charge is 0.161 e. The van der Waals surface area contributed by atoms with Crippen molar-refractivity contribution >= 4 is 5.52 Å². The van der Waals surface area contributed by atoms with E-state index in [4.69, 9.17) is 9.47 Å². The van der Waals surface area contributed by atoms with Crippen molar-refractivity contribution in [3.05, 3.63) is 35.7 Å². The summed E-state index contributed by atoms with van der Waals surface area (Å²) in [7, 11) is 0. The molecule has 2 aromatic rings. The Bertz CT molecular complexity index is 785. The minimum atomic E-state index is -0.146. The number of aryl methyl sites for hydroxylation is 1. The number of hydrogen-bond donors (Lipinski definition) is 0. The zero-order chi connectivity index (χ0) is 18.5. The highest BCUT2D eigenvalue weighted by atomic mass is 16.7. The summed E-state index contributed by atoms with van der Waals surface area (Å²) in [4.78, 5) is 0. The summed E-state index contributed by atoms with van der Waals surface area (Å²) in [6.45, 7) is 11.8. The first kappa shape index (κ1) is 18.0. The van der Waals surface area contributed by atoms with E-state index in [1.54, 1.807) is 0 Å². The number of rotatable bonds is 2. The quantitative estimate of drug-likeness (QED) is 0.751. The van der Waals surface area contributed by atoms with E-state index in [-0.39, 0.29) is 17.3 Å². The molecule has 4 heteroatoms. The molecule has 3 heterocycles. The normalized spacial score (nSPS) is 31.2. The molecule has 2 aliphatic rings. The lowest BCUT2D eigenvalue weighted by atomic mass is 9.75. The molecule has 0 amide bonds. The highest BCUT2D eigenvalue weighted by Crippen LogP contribution is 2.45. The van der Waals surface area contributed by atoms with Crippen LogP contribution >= 0.6 is 0 Å². The van der Waals surface area contributed by atoms with Crippen LogP contribution in [-0.2, 0) is 9.47 Å². The molecule has 1 aliphatic carbocycles. The summed E-state index contributed by atoms with van der Waals surface area (Å²) in [6.07, 6.45) is 8.83. The third-order valence-electron chi connectivity index (χ3n) is 6.94. The number of aromatic nitrogens is 2. The van der Waals surface area contributed by atoms with Crippen molar-refractivity contribution in [1.29, 1.82) is 0 Å². The molecular formula is C22H32N2O2. The molecule has 1 atom stereocenters. The van der Waals surface area contributed by atoms with Crippen LogP contribution in [0.5, 0.6) is 0 Å². The first-order chi connectivity index (χ1) is 12.3. The van der Waals surface area contributed by atoms with Crippen molar-refractivity contribution in [1.82, 2.24) is 9.61 Å². The van der Waals surface area contributed by atoms with Crippen LogP contribution in [0.3, 0.4) is 0 Å². The molecule has 2 fully saturated rings. The lowest BCUT2D eigenvalue weighted by Gasteiger charge is -2.50. The molecule has 1 saturated heterocycles. The summed E-state index contributed by atoms with van der Waals surface area (Å²) in [5.74, 6) is 1.10. The lowest BCUT2D eigenvalue weighted by Crippen LogP contribution is -2.54. The van der Waals surface area contributed by atoms with Crippen LogP contribution in [0.25, 0.3) is 5.52 Å². The fourth-order valence-corrected chi connectivity index (χ4v) is 4.30. The average molecular weight is 357 g/mol. The van der Waals surface area contributed by atoms with E-state index in [0.29, 0.717) is 11.8 Å². The molecule has 0 aromatic carbocycles. The van der Waals surface area contributed by atoms with Gasteiger partial charge in [0.05, 0.1) is 23.9 Å². The molecule has 0 spiro atoms. The largest absolute Gasteiger partial charge is 0.352 e. The van der Waals surface area contributed by atoms with Crippen molar-refractivity contribution < 1.29 is 9.47 Å². The highest BCUT2D eigenvalue weighted by molar-refractivity contribution is 5.55. The number of pyridine rings is 1. The van der Waals surface area contributed by atoms with Gasteiger partial charge in [-0.05, 0) is 64.0 Å². The molecule has 0 bridgehead atoms. The maximum atomic E-state index is 6.40.